The Bertz CT molecular complexity index is 383. The number of carbonyl (C=O) groups excluding carboxylic acids is 2. The molecule has 0 aromatic rings. The third kappa shape index (κ3) is 4.80. The summed E-state index contributed by atoms with van der Waals surface area (Å²) in [5.74, 6) is -2.19. The maximum atomic E-state index is 11.7. The Labute approximate surface area is 118 Å². The predicted molar refractivity (Wildman–Crippen MR) is 71.0 cm³/mol. The molecular weight excluding hydrogens is 264 g/mol. The third-order valence-corrected chi connectivity index (χ3v) is 3.33. The maximum absolute atomic E-state index is 11.7. The molecule has 0 aliphatic carbocycles. The summed E-state index contributed by atoms with van der Waals surface area (Å²) in [7, 11) is 1.29. The number of carboxylic acids is 1. The van der Waals surface area contributed by atoms with Crippen molar-refractivity contribution < 1.29 is 24.2 Å². The predicted octanol–water partition coefficient (Wildman–Crippen LogP) is -0.293. The van der Waals surface area contributed by atoms with E-state index in [4.69, 9.17) is 5.11 Å². The molecule has 2 unspecified atom stereocenters. The smallest absolute Gasteiger partial charge is 0.319 e. The molecule has 1 aliphatic heterocycles. The largest absolute Gasteiger partial charge is 0.481 e. The van der Waals surface area contributed by atoms with Crippen molar-refractivity contribution in [1.82, 2.24) is 10.2 Å². The number of rotatable bonds is 5. The molecule has 0 radical (unpaired) electrons. The number of hydrogen-bond donors (Lipinski definition) is 2. The van der Waals surface area contributed by atoms with E-state index >= 15 is 0 Å². The molecule has 1 heterocycles. The van der Waals surface area contributed by atoms with Crippen molar-refractivity contribution in [1.29, 1.82) is 0 Å². The Balaban J connectivity index is 2.67. The van der Waals surface area contributed by atoms with Gasteiger partial charge in [0.05, 0.1) is 19.6 Å². The van der Waals surface area contributed by atoms with Gasteiger partial charge < -0.3 is 15.2 Å². The molecule has 114 valence electrons. The zero-order chi connectivity index (χ0) is 15.3. The fourth-order valence-corrected chi connectivity index (χ4v) is 2.22. The summed E-state index contributed by atoms with van der Waals surface area (Å²) >= 11 is 0. The Morgan fingerprint density at radius 2 is 2.00 bits per heavy atom. The molecule has 1 fully saturated rings. The van der Waals surface area contributed by atoms with E-state index in [-0.39, 0.29) is 24.4 Å². The quantitative estimate of drug-likeness (QED) is 0.674. The van der Waals surface area contributed by atoms with Crippen LogP contribution in [0.15, 0.2) is 0 Å². The number of hydrogen-bond acceptors (Lipinski definition) is 5. The van der Waals surface area contributed by atoms with Gasteiger partial charge in [-0.25, -0.2) is 0 Å². The lowest BCUT2D eigenvalue weighted by Gasteiger charge is -2.36. The normalized spacial score (nSPS) is 23.4. The van der Waals surface area contributed by atoms with Crippen LogP contribution in [0.1, 0.15) is 20.3 Å². The highest BCUT2D eigenvalue weighted by Gasteiger charge is 2.33. The summed E-state index contributed by atoms with van der Waals surface area (Å²) in [6, 6.07) is -0.260. The van der Waals surface area contributed by atoms with Crippen LogP contribution < -0.4 is 5.32 Å². The summed E-state index contributed by atoms with van der Waals surface area (Å²) in [6.07, 6.45) is 0.380. The third-order valence-electron chi connectivity index (χ3n) is 3.33. The number of nitrogens with zero attached hydrogens (tertiary/aromatic N) is 1. The van der Waals surface area contributed by atoms with Gasteiger partial charge >= 0.3 is 11.9 Å². The first-order valence-electron chi connectivity index (χ1n) is 6.65. The van der Waals surface area contributed by atoms with Gasteiger partial charge in [0.1, 0.15) is 0 Å². The average molecular weight is 286 g/mol. The number of amides is 1. The minimum Gasteiger partial charge on any atom is -0.481 e. The van der Waals surface area contributed by atoms with Crippen LogP contribution in [0.2, 0.25) is 0 Å². The second-order valence-electron chi connectivity index (χ2n) is 5.40. The summed E-state index contributed by atoms with van der Waals surface area (Å²) in [5.41, 5.74) is 0. The average Bonchev–Trinajstić information content (AvgIpc) is 2.37. The molecule has 2 N–H and O–H groups in total. The van der Waals surface area contributed by atoms with Crippen molar-refractivity contribution in [3.8, 4) is 0 Å². The molecule has 1 amide bonds. The van der Waals surface area contributed by atoms with Gasteiger partial charge in [0.25, 0.3) is 0 Å². The number of aliphatic carboxylic acids is 1. The second kappa shape index (κ2) is 7.23. The van der Waals surface area contributed by atoms with Crippen LogP contribution in [-0.4, -0.2) is 60.6 Å². The highest BCUT2D eigenvalue weighted by Crippen LogP contribution is 2.17. The number of ether oxygens (including phenoxy) is 1. The Morgan fingerprint density at radius 3 is 2.50 bits per heavy atom. The second-order valence-corrected chi connectivity index (χ2v) is 5.40. The molecule has 0 saturated carbocycles. The van der Waals surface area contributed by atoms with E-state index in [1.807, 2.05) is 0 Å². The number of likely N-dealkylation sites (tertiary alicyclic amines) is 1. The van der Waals surface area contributed by atoms with E-state index in [0.29, 0.717) is 19.5 Å². The number of esters is 1. The number of nitrogens with one attached hydrogen (secondary N) is 1. The zero-order valence-corrected chi connectivity index (χ0v) is 12.1. The zero-order valence-electron chi connectivity index (χ0n) is 12.1. The van der Waals surface area contributed by atoms with Gasteiger partial charge in [0, 0.05) is 25.0 Å². The van der Waals surface area contributed by atoms with E-state index in [2.05, 4.69) is 10.1 Å². The van der Waals surface area contributed by atoms with E-state index in [0.717, 1.165) is 0 Å². The van der Waals surface area contributed by atoms with Crippen molar-refractivity contribution in [3.63, 3.8) is 0 Å². The summed E-state index contributed by atoms with van der Waals surface area (Å²) < 4.78 is 4.59. The van der Waals surface area contributed by atoms with Crippen molar-refractivity contribution in [2.75, 3.05) is 26.7 Å². The Hall–Kier alpha value is -1.63. The topological polar surface area (TPSA) is 95.9 Å². The monoisotopic (exact) mass is 286 g/mol. The lowest BCUT2D eigenvalue weighted by Crippen LogP contribution is -2.54. The van der Waals surface area contributed by atoms with Crippen LogP contribution in [0.4, 0.5) is 0 Å². The number of piperidine rings is 1. The van der Waals surface area contributed by atoms with Crippen molar-refractivity contribution in [3.05, 3.63) is 0 Å². The van der Waals surface area contributed by atoms with Gasteiger partial charge in [-0.3, -0.25) is 19.3 Å². The fraction of sp³-hybridized carbons (Fsp3) is 0.769. The SMILES string of the molecule is COC(=O)CN1CC(NC(=O)C(C)C)CC(C(=O)O)C1. The molecular formula is C13H22N2O5. The molecule has 0 aromatic heterocycles. The highest BCUT2D eigenvalue weighted by atomic mass is 16.5. The Kier molecular flexibility index (Phi) is 5.94. The first-order valence-corrected chi connectivity index (χ1v) is 6.65. The summed E-state index contributed by atoms with van der Waals surface area (Å²) in [6.45, 7) is 4.34. The van der Waals surface area contributed by atoms with Crippen LogP contribution in [0.5, 0.6) is 0 Å². The molecule has 1 rings (SSSR count). The van der Waals surface area contributed by atoms with Crippen molar-refractivity contribution >= 4 is 17.8 Å². The van der Waals surface area contributed by atoms with Crippen LogP contribution in [-0.2, 0) is 19.1 Å². The Morgan fingerprint density at radius 1 is 1.35 bits per heavy atom. The lowest BCUT2D eigenvalue weighted by atomic mass is 9.94. The lowest BCUT2D eigenvalue weighted by molar-refractivity contribution is -0.148. The van der Waals surface area contributed by atoms with E-state index in [1.165, 1.54) is 7.11 Å². The van der Waals surface area contributed by atoms with Gasteiger partial charge in [-0.2, -0.15) is 0 Å². The molecule has 1 saturated heterocycles. The molecule has 20 heavy (non-hydrogen) atoms. The molecule has 1 aliphatic rings. The van der Waals surface area contributed by atoms with E-state index in [9.17, 15) is 14.4 Å². The van der Waals surface area contributed by atoms with E-state index < -0.39 is 17.9 Å². The van der Waals surface area contributed by atoms with Crippen LogP contribution >= 0.6 is 0 Å². The van der Waals surface area contributed by atoms with Gasteiger partial charge in [0.2, 0.25) is 5.91 Å². The highest BCUT2D eigenvalue weighted by molar-refractivity contribution is 5.78. The number of carbonyl (C=O) groups is 3. The van der Waals surface area contributed by atoms with Gasteiger partial charge in [-0.05, 0) is 6.42 Å². The first kappa shape index (κ1) is 16.4. The fourth-order valence-electron chi connectivity index (χ4n) is 2.22. The van der Waals surface area contributed by atoms with Crippen LogP contribution in [0, 0.1) is 11.8 Å². The first-order chi connectivity index (χ1) is 9.33. The van der Waals surface area contributed by atoms with E-state index in [1.54, 1.807) is 18.7 Å². The van der Waals surface area contributed by atoms with Crippen molar-refractivity contribution in [2.24, 2.45) is 11.8 Å². The van der Waals surface area contributed by atoms with Crippen molar-refractivity contribution in [2.45, 2.75) is 26.3 Å². The molecule has 7 nitrogen and oxygen atoms in total. The minimum atomic E-state index is -0.914. The standard InChI is InChI=1S/C13H22N2O5/c1-8(2)12(17)14-10-4-9(13(18)19)5-15(6-10)7-11(16)20-3/h8-10H,4-7H2,1-3H3,(H,14,17)(H,18,19). The number of carboxylic acid groups (broad SMARTS) is 1. The molecule has 7 heteroatoms. The number of methoxy groups -OCH3 is 1. The maximum Gasteiger partial charge on any atom is 0.319 e. The summed E-state index contributed by atoms with van der Waals surface area (Å²) in [4.78, 5) is 35.9. The molecule has 0 bridgehead atoms. The summed E-state index contributed by atoms with van der Waals surface area (Å²) in [5, 5.41) is 12.0. The van der Waals surface area contributed by atoms with Gasteiger partial charge in [0.15, 0.2) is 0 Å². The van der Waals surface area contributed by atoms with Gasteiger partial charge in [-0.1, -0.05) is 13.8 Å². The molecule has 0 aromatic carbocycles. The molecule has 0 spiro atoms. The molecule has 2 atom stereocenters. The van der Waals surface area contributed by atoms with Gasteiger partial charge in [-0.15, -0.1) is 0 Å². The van der Waals surface area contributed by atoms with Crippen LogP contribution in [0.3, 0.4) is 0 Å². The van der Waals surface area contributed by atoms with Crippen LogP contribution in [0.25, 0.3) is 0 Å². The minimum absolute atomic E-state index is 0.0360.